The molecular formula is C15H14N2O3. The molecule has 1 N–H and O–H groups in total. The van der Waals surface area contributed by atoms with Crippen molar-refractivity contribution in [2.75, 3.05) is 7.11 Å². The van der Waals surface area contributed by atoms with E-state index in [1.54, 1.807) is 30.6 Å². The van der Waals surface area contributed by atoms with E-state index in [-0.39, 0.29) is 12.2 Å². The predicted octanol–water partition coefficient (Wildman–Crippen LogP) is 1.67. The molecule has 0 spiro atoms. The maximum atomic E-state index is 11.5. The van der Waals surface area contributed by atoms with Crippen molar-refractivity contribution in [1.82, 2.24) is 4.98 Å². The van der Waals surface area contributed by atoms with E-state index in [0.717, 1.165) is 5.56 Å². The molecule has 1 atom stereocenters. The minimum atomic E-state index is -1.51. The van der Waals surface area contributed by atoms with Gasteiger partial charge < -0.3 is 9.84 Å². The number of rotatable bonds is 3. The standard InChI is InChI=1S/C15H14N2O3/c1-9(18)7-12-15(19)13(20-2)8-10-3-5-16-11(14(10)15)4-6-17-12/h3-6,8,19H,7H2,1-2H3. The molecule has 3 rings (SSSR count). The lowest BCUT2D eigenvalue weighted by atomic mass is 9.86. The number of hydrogen-bond acceptors (Lipinski definition) is 5. The van der Waals surface area contributed by atoms with Crippen molar-refractivity contribution < 1.29 is 14.6 Å². The number of carbonyl (C=O) groups is 1. The predicted molar refractivity (Wildman–Crippen MR) is 74.9 cm³/mol. The molecule has 2 heterocycles. The number of aromatic nitrogens is 1. The van der Waals surface area contributed by atoms with E-state index in [1.165, 1.54) is 14.0 Å². The highest BCUT2D eigenvalue weighted by atomic mass is 16.5. The van der Waals surface area contributed by atoms with E-state index in [1.807, 2.05) is 0 Å². The van der Waals surface area contributed by atoms with Crippen molar-refractivity contribution in [3.8, 4) is 0 Å². The molecule has 1 unspecified atom stereocenters. The van der Waals surface area contributed by atoms with Gasteiger partial charge in [-0.05, 0) is 30.7 Å². The van der Waals surface area contributed by atoms with Crippen LogP contribution in [-0.4, -0.2) is 28.7 Å². The summed E-state index contributed by atoms with van der Waals surface area (Å²) in [6.07, 6.45) is 6.78. The second-order valence-corrected chi connectivity index (χ2v) is 4.85. The van der Waals surface area contributed by atoms with E-state index >= 15 is 0 Å². The van der Waals surface area contributed by atoms with Crippen molar-refractivity contribution in [2.24, 2.45) is 4.99 Å². The Morgan fingerprint density at radius 1 is 1.50 bits per heavy atom. The first-order valence-electron chi connectivity index (χ1n) is 6.28. The molecular weight excluding hydrogens is 256 g/mol. The van der Waals surface area contributed by atoms with E-state index in [9.17, 15) is 9.90 Å². The maximum absolute atomic E-state index is 11.5. The molecule has 1 aromatic rings. The molecule has 1 aliphatic carbocycles. The van der Waals surface area contributed by atoms with Gasteiger partial charge in [0.1, 0.15) is 11.5 Å². The number of ketones is 1. The van der Waals surface area contributed by atoms with Crippen LogP contribution in [0.15, 0.2) is 29.2 Å². The molecule has 0 aromatic carbocycles. The Morgan fingerprint density at radius 3 is 3.00 bits per heavy atom. The molecule has 5 nitrogen and oxygen atoms in total. The average molecular weight is 270 g/mol. The second-order valence-electron chi connectivity index (χ2n) is 4.85. The topological polar surface area (TPSA) is 71.8 Å². The van der Waals surface area contributed by atoms with Crippen molar-refractivity contribution in [3.63, 3.8) is 0 Å². The van der Waals surface area contributed by atoms with Crippen molar-refractivity contribution >= 4 is 23.6 Å². The third-order valence-corrected chi connectivity index (χ3v) is 3.53. The summed E-state index contributed by atoms with van der Waals surface area (Å²) >= 11 is 0. The van der Waals surface area contributed by atoms with Crippen LogP contribution in [0.4, 0.5) is 0 Å². The van der Waals surface area contributed by atoms with Gasteiger partial charge >= 0.3 is 0 Å². The molecule has 2 aliphatic rings. The Morgan fingerprint density at radius 2 is 2.30 bits per heavy atom. The highest BCUT2D eigenvalue weighted by Gasteiger charge is 2.48. The van der Waals surface area contributed by atoms with Gasteiger partial charge in [0.2, 0.25) is 0 Å². The lowest BCUT2D eigenvalue weighted by molar-refractivity contribution is -0.116. The number of carbonyl (C=O) groups excluding carboxylic acids is 1. The molecule has 5 heteroatoms. The van der Waals surface area contributed by atoms with Crippen molar-refractivity contribution in [3.05, 3.63) is 41.0 Å². The van der Waals surface area contributed by atoms with E-state index in [0.29, 0.717) is 22.7 Å². The molecule has 0 amide bonds. The monoisotopic (exact) mass is 270 g/mol. The zero-order valence-electron chi connectivity index (χ0n) is 11.3. The summed E-state index contributed by atoms with van der Waals surface area (Å²) in [5.41, 5.74) is 0.946. The smallest absolute Gasteiger partial charge is 0.188 e. The molecule has 0 saturated heterocycles. The summed E-state index contributed by atoms with van der Waals surface area (Å²) in [6, 6.07) is 1.81. The molecule has 1 aromatic heterocycles. The van der Waals surface area contributed by atoms with Crippen LogP contribution in [-0.2, 0) is 15.1 Å². The minimum absolute atomic E-state index is 0.0648. The quantitative estimate of drug-likeness (QED) is 0.907. The molecule has 0 bridgehead atoms. The fraction of sp³-hybridized carbons (Fsp3) is 0.267. The zero-order valence-corrected chi connectivity index (χ0v) is 11.3. The Labute approximate surface area is 116 Å². The van der Waals surface area contributed by atoms with E-state index in [4.69, 9.17) is 4.74 Å². The van der Waals surface area contributed by atoms with Crippen LogP contribution in [0, 0.1) is 0 Å². The Bertz CT molecular complexity index is 688. The Hall–Kier alpha value is -2.27. The van der Waals surface area contributed by atoms with Crippen molar-refractivity contribution in [1.29, 1.82) is 0 Å². The fourth-order valence-corrected chi connectivity index (χ4v) is 2.70. The lowest BCUT2D eigenvalue weighted by Gasteiger charge is -2.28. The van der Waals surface area contributed by atoms with Crippen molar-refractivity contribution in [2.45, 2.75) is 18.9 Å². The van der Waals surface area contributed by atoms with Gasteiger partial charge in [-0.2, -0.15) is 0 Å². The number of pyridine rings is 1. The summed E-state index contributed by atoms with van der Waals surface area (Å²) in [4.78, 5) is 20.0. The van der Waals surface area contributed by atoms with Crippen LogP contribution >= 0.6 is 0 Å². The molecule has 102 valence electrons. The zero-order chi connectivity index (χ0) is 14.3. The summed E-state index contributed by atoms with van der Waals surface area (Å²) in [6.45, 7) is 1.47. The first-order valence-corrected chi connectivity index (χ1v) is 6.28. The summed E-state index contributed by atoms with van der Waals surface area (Å²) in [5.74, 6) is 0.298. The van der Waals surface area contributed by atoms with Crippen LogP contribution in [0.3, 0.4) is 0 Å². The van der Waals surface area contributed by atoms with E-state index < -0.39 is 5.60 Å². The second kappa shape index (κ2) is 4.38. The number of hydrogen-bond donors (Lipinski definition) is 1. The van der Waals surface area contributed by atoms with Crippen LogP contribution < -0.4 is 0 Å². The van der Waals surface area contributed by atoms with Gasteiger partial charge in [0.05, 0.1) is 18.5 Å². The van der Waals surface area contributed by atoms with Crippen LogP contribution in [0.5, 0.6) is 0 Å². The SMILES string of the molecule is COC1=Cc2ccnc3c2C1(O)C(CC(C)=O)=NC=C3. The summed E-state index contributed by atoms with van der Waals surface area (Å²) < 4.78 is 5.32. The highest BCUT2D eigenvalue weighted by Crippen LogP contribution is 2.44. The van der Waals surface area contributed by atoms with Crippen LogP contribution in [0.25, 0.3) is 12.2 Å². The first-order chi connectivity index (χ1) is 9.57. The van der Waals surface area contributed by atoms with Gasteiger partial charge in [0.15, 0.2) is 5.60 Å². The molecule has 0 radical (unpaired) electrons. The van der Waals surface area contributed by atoms with Gasteiger partial charge in [0, 0.05) is 24.4 Å². The number of aliphatic imine (C=N–C) groups is 1. The fourth-order valence-electron chi connectivity index (χ4n) is 2.70. The first kappa shape index (κ1) is 12.7. The molecule has 20 heavy (non-hydrogen) atoms. The summed E-state index contributed by atoms with van der Waals surface area (Å²) in [5, 5.41) is 11.2. The van der Waals surface area contributed by atoms with Gasteiger partial charge in [-0.25, -0.2) is 0 Å². The number of aliphatic hydroxyl groups is 1. The summed E-state index contributed by atoms with van der Waals surface area (Å²) in [7, 11) is 1.49. The molecule has 1 aliphatic heterocycles. The number of methoxy groups -OCH3 is 1. The van der Waals surface area contributed by atoms with E-state index in [2.05, 4.69) is 9.98 Å². The Kier molecular flexibility index (Phi) is 2.79. The number of Topliss-reactive ketones (excluding diaryl/α,β-unsaturated/α-hetero) is 1. The van der Waals surface area contributed by atoms with Crippen LogP contribution in [0.2, 0.25) is 0 Å². The normalized spacial score (nSPS) is 22.8. The van der Waals surface area contributed by atoms with Gasteiger partial charge in [-0.3, -0.25) is 14.8 Å². The van der Waals surface area contributed by atoms with Crippen LogP contribution in [0.1, 0.15) is 30.2 Å². The third kappa shape index (κ3) is 1.63. The van der Waals surface area contributed by atoms with Gasteiger partial charge in [0.25, 0.3) is 0 Å². The minimum Gasteiger partial charge on any atom is -0.497 e. The maximum Gasteiger partial charge on any atom is 0.188 e. The molecule has 0 saturated carbocycles. The molecule has 0 fully saturated rings. The lowest BCUT2D eigenvalue weighted by Crippen LogP contribution is -2.38. The number of ether oxygens (including phenoxy) is 1. The third-order valence-electron chi connectivity index (χ3n) is 3.53. The van der Waals surface area contributed by atoms with Gasteiger partial charge in [-0.15, -0.1) is 0 Å². The van der Waals surface area contributed by atoms with Gasteiger partial charge in [-0.1, -0.05) is 0 Å². The Balaban J connectivity index is 2.26. The largest absolute Gasteiger partial charge is 0.497 e. The highest BCUT2D eigenvalue weighted by molar-refractivity contribution is 6.10. The number of nitrogens with zero attached hydrogens (tertiary/aromatic N) is 2. The average Bonchev–Trinajstić information content (AvgIpc) is 2.63.